The average molecular weight is 335 g/mol. The van der Waals surface area contributed by atoms with Crippen molar-refractivity contribution in [2.75, 3.05) is 12.8 Å². The number of amides is 1. The fourth-order valence-electron chi connectivity index (χ4n) is 2.97. The summed E-state index contributed by atoms with van der Waals surface area (Å²) >= 11 is 1.72. The molecule has 1 amide bonds. The number of aromatic amines is 1. The largest absolute Gasteiger partial charge is 0.358 e. The Morgan fingerprint density at radius 1 is 1.08 bits per heavy atom. The molecule has 0 aliphatic carbocycles. The summed E-state index contributed by atoms with van der Waals surface area (Å²) in [4.78, 5) is 21.0. The zero-order chi connectivity index (χ0) is 16.5. The molecule has 0 bridgehead atoms. The van der Waals surface area contributed by atoms with Crippen LogP contribution in [0.25, 0.3) is 22.5 Å². The van der Waals surface area contributed by atoms with E-state index in [1.54, 1.807) is 11.8 Å². The maximum absolute atomic E-state index is 11.9. The number of rotatable bonds is 3. The lowest BCUT2D eigenvalue weighted by Crippen LogP contribution is -2.31. The van der Waals surface area contributed by atoms with Crippen LogP contribution >= 0.6 is 11.8 Å². The van der Waals surface area contributed by atoms with E-state index in [4.69, 9.17) is 0 Å². The second-order valence-electron chi connectivity index (χ2n) is 5.74. The van der Waals surface area contributed by atoms with Crippen LogP contribution < -0.4 is 5.32 Å². The Bertz CT molecular complexity index is 899. The Kier molecular flexibility index (Phi) is 3.86. The zero-order valence-electron chi connectivity index (χ0n) is 13.3. The van der Waals surface area contributed by atoms with Crippen molar-refractivity contribution in [1.82, 2.24) is 15.3 Å². The quantitative estimate of drug-likeness (QED) is 0.717. The number of hydrogen-bond acceptors (Lipinski definition) is 3. The van der Waals surface area contributed by atoms with Gasteiger partial charge in [0, 0.05) is 46.6 Å². The normalized spacial score (nSPS) is 13.5. The van der Waals surface area contributed by atoms with E-state index >= 15 is 0 Å². The molecule has 0 unspecified atom stereocenters. The van der Waals surface area contributed by atoms with E-state index in [0.29, 0.717) is 6.54 Å². The third-order valence-corrected chi connectivity index (χ3v) is 5.00. The van der Waals surface area contributed by atoms with Crippen molar-refractivity contribution >= 4 is 17.7 Å². The van der Waals surface area contributed by atoms with E-state index in [9.17, 15) is 4.79 Å². The Labute approximate surface area is 144 Å². The maximum atomic E-state index is 11.9. The lowest BCUT2D eigenvalue weighted by atomic mass is 10.1. The van der Waals surface area contributed by atoms with E-state index in [-0.39, 0.29) is 5.91 Å². The van der Waals surface area contributed by atoms with Gasteiger partial charge in [0.05, 0.1) is 11.3 Å². The summed E-state index contributed by atoms with van der Waals surface area (Å²) in [7, 11) is 0. The van der Waals surface area contributed by atoms with Gasteiger partial charge in [0.2, 0.25) is 0 Å². The highest BCUT2D eigenvalue weighted by Crippen LogP contribution is 2.28. The highest BCUT2D eigenvalue weighted by molar-refractivity contribution is 7.98. The average Bonchev–Trinajstić information content (AvgIpc) is 3.08. The molecular formula is C19H17N3OS. The highest BCUT2D eigenvalue weighted by Gasteiger charge is 2.20. The summed E-state index contributed by atoms with van der Waals surface area (Å²) in [5.41, 5.74) is 5.77. The molecule has 2 aromatic heterocycles. The standard InChI is InChI=1S/C19H17N3OS/c1-24-14-4-2-12(3-5-14)17-10-13(6-8-20-17)18-11-15-16(22-18)7-9-21-19(15)23/h2-6,8,10-11,22H,7,9H2,1H3,(H,21,23). The number of H-pyrrole nitrogens is 1. The maximum Gasteiger partial charge on any atom is 0.253 e. The number of carbonyl (C=O) groups excluding carboxylic acids is 1. The summed E-state index contributed by atoms with van der Waals surface area (Å²) in [6.07, 6.45) is 4.72. The van der Waals surface area contributed by atoms with Crippen molar-refractivity contribution in [1.29, 1.82) is 0 Å². The first-order valence-corrected chi connectivity index (χ1v) is 9.08. The summed E-state index contributed by atoms with van der Waals surface area (Å²) < 4.78 is 0. The summed E-state index contributed by atoms with van der Waals surface area (Å²) in [5, 5.41) is 2.88. The molecule has 4 nitrogen and oxygen atoms in total. The molecule has 0 fully saturated rings. The monoisotopic (exact) mass is 335 g/mol. The van der Waals surface area contributed by atoms with Crippen LogP contribution in [0.5, 0.6) is 0 Å². The van der Waals surface area contributed by atoms with E-state index in [2.05, 4.69) is 51.9 Å². The second kappa shape index (κ2) is 6.17. The van der Waals surface area contributed by atoms with Gasteiger partial charge in [-0.1, -0.05) is 12.1 Å². The molecular weight excluding hydrogens is 318 g/mol. The van der Waals surface area contributed by atoms with Crippen LogP contribution in [0.2, 0.25) is 0 Å². The fourth-order valence-corrected chi connectivity index (χ4v) is 3.37. The predicted molar refractivity (Wildman–Crippen MR) is 97.3 cm³/mol. The molecule has 3 heterocycles. The number of aromatic nitrogens is 2. The molecule has 1 aliphatic rings. The summed E-state index contributed by atoms with van der Waals surface area (Å²) in [5.74, 6) is 0.000633. The summed E-state index contributed by atoms with van der Waals surface area (Å²) in [6, 6.07) is 14.3. The van der Waals surface area contributed by atoms with Crippen molar-refractivity contribution in [3.8, 4) is 22.5 Å². The molecule has 1 aliphatic heterocycles. The van der Waals surface area contributed by atoms with Crippen LogP contribution in [0.3, 0.4) is 0 Å². The molecule has 1 aromatic carbocycles. The van der Waals surface area contributed by atoms with Gasteiger partial charge >= 0.3 is 0 Å². The second-order valence-corrected chi connectivity index (χ2v) is 6.62. The van der Waals surface area contributed by atoms with Gasteiger partial charge in [-0.05, 0) is 36.6 Å². The van der Waals surface area contributed by atoms with Gasteiger partial charge in [0.15, 0.2) is 0 Å². The van der Waals surface area contributed by atoms with Crippen LogP contribution in [0.1, 0.15) is 16.1 Å². The molecule has 2 N–H and O–H groups in total. The first kappa shape index (κ1) is 15.0. The lowest BCUT2D eigenvalue weighted by molar-refractivity contribution is 0.0946. The number of thioether (sulfide) groups is 1. The van der Waals surface area contributed by atoms with E-state index < -0.39 is 0 Å². The number of hydrogen-bond donors (Lipinski definition) is 2. The smallest absolute Gasteiger partial charge is 0.253 e. The third kappa shape index (κ3) is 2.71. The molecule has 24 heavy (non-hydrogen) atoms. The van der Waals surface area contributed by atoms with Crippen LogP contribution in [0.4, 0.5) is 0 Å². The zero-order valence-corrected chi connectivity index (χ0v) is 14.1. The van der Waals surface area contributed by atoms with Gasteiger partial charge in [-0.25, -0.2) is 0 Å². The SMILES string of the molecule is CSc1ccc(-c2cc(-c3cc4c([nH]3)CCNC4=O)ccn2)cc1. The molecule has 0 saturated carbocycles. The van der Waals surface area contributed by atoms with Gasteiger partial charge in [0.1, 0.15) is 0 Å². The minimum absolute atomic E-state index is 0.000633. The highest BCUT2D eigenvalue weighted by atomic mass is 32.2. The number of nitrogens with one attached hydrogen (secondary N) is 2. The van der Waals surface area contributed by atoms with Crippen LogP contribution in [-0.2, 0) is 6.42 Å². The van der Waals surface area contributed by atoms with E-state index in [1.165, 1.54) is 4.90 Å². The molecule has 0 spiro atoms. The minimum atomic E-state index is 0.000633. The van der Waals surface area contributed by atoms with E-state index in [0.717, 1.165) is 40.2 Å². The molecule has 4 rings (SSSR count). The molecule has 3 aromatic rings. The number of benzene rings is 1. The lowest BCUT2D eigenvalue weighted by Gasteiger charge is -2.10. The van der Waals surface area contributed by atoms with Crippen LogP contribution in [0.15, 0.2) is 53.6 Å². The van der Waals surface area contributed by atoms with Crippen molar-refractivity contribution in [2.24, 2.45) is 0 Å². The number of pyridine rings is 1. The van der Waals surface area contributed by atoms with Crippen molar-refractivity contribution in [2.45, 2.75) is 11.3 Å². The van der Waals surface area contributed by atoms with E-state index in [1.807, 2.05) is 18.3 Å². The van der Waals surface area contributed by atoms with Gasteiger partial charge < -0.3 is 10.3 Å². The minimum Gasteiger partial charge on any atom is -0.358 e. The Morgan fingerprint density at radius 3 is 2.67 bits per heavy atom. The van der Waals surface area contributed by atoms with Crippen LogP contribution in [0, 0.1) is 0 Å². The first-order valence-electron chi connectivity index (χ1n) is 7.85. The van der Waals surface area contributed by atoms with Crippen molar-refractivity contribution in [3.05, 3.63) is 59.9 Å². The van der Waals surface area contributed by atoms with Gasteiger partial charge in [-0.15, -0.1) is 11.8 Å². The Morgan fingerprint density at radius 2 is 1.92 bits per heavy atom. The van der Waals surface area contributed by atoms with Gasteiger partial charge in [-0.2, -0.15) is 0 Å². The van der Waals surface area contributed by atoms with Crippen LogP contribution in [-0.4, -0.2) is 28.7 Å². The third-order valence-electron chi connectivity index (χ3n) is 4.26. The van der Waals surface area contributed by atoms with Gasteiger partial charge in [0.25, 0.3) is 5.91 Å². The van der Waals surface area contributed by atoms with Crippen molar-refractivity contribution < 1.29 is 4.79 Å². The molecule has 0 radical (unpaired) electrons. The number of fused-ring (bicyclic) bond motifs is 1. The first-order chi connectivity index (χ1) is 11.7. The number of nitrogens with zero attached hydrogens (tertiary/aromatic N) is 1. The molecule has 5 heteroatoms. The Hall–Kier alpha value is -2.53. The topological polar surface area (TPSA) is 57.8 Å². The number of carbonyl (C=O) groups is 1. The molecule has 120 valence electrons. The fraction of sp³-hybridized carbons (Fsp3) is 0.158. The van der Waals surface area contributed by atoms with Gasteiger partial charge in [-0.3, -0.25) is 9.78 Å². The molecule has 0 atom stereocenters. The van der Waals surface area contributed by atoms with Crippen molar-refractivity contribution in [3.63, 3.8) is 0 Å². The molecule has 0 saturated heterocycles. The Balaban J connectivity index is 1.71. The predicted octanol–water partition coefficient (Wildman–Crippen LogP) is 3.75. The summed E-state index contributed by atoms with van der Waals surface area (Å²) in [6.45, 7) is 0.690.